The zero-order chi connectivity index (χ0) is 19.1. The maximum atomic E-state index is 12.3. The summed E-state index contributed by atoms with van der Waals surface area (Å²) < 4.78 is 0. The first-order valence-electron chi connectivity index (χ1n) is 8.07. The van der Waals surface area contributed by atoms with Gasteiger partial charge in [-0.05, 0) is 25.0 Å². The van der Waals surface area contributed by atoms with E-state index in [1.165, 1.54) is 13.0 Å². The van der Waals surface area contributed by atoms with E-state index in [0.717, 1.165) is 0 Å². The van der Waals surface area contributed by atoms with Crippen LogP contribution in [0.1, 0.15) is 37.0 Å². The summed E-state index contributed by atoms with van der Waals surface area (Å²) in [5.74, 6) is -0.880. The molecule has 0 aliphatic carbocycles. The summed E-state index contributed by atoms with van der Waals surface area (Å²) in [4.78, 5) is 39.0. The SMILES string of the molecule is CCCC(=O)O/N=C(/C)C(=O)c1ccc(-c2ccccc2[N+](=O)[O-])cc1. The molecule has 7 nitrogen and oxygen atoms in total. The monoisotopic (exact) mass is 354 g/mol. The lowest BCUT2D eigenvalue weighted by Crippen LogP contribution is -2.12. The Kier molecular flexibility index (Phi) is 6.32. The summed E-state index contributed by atoms with van der Waals surface area (Å²) in [7, 11) is 0. The molecule has 0 unspecified atom stereocenters. The van der Waals surface area contributed by atoms with E-state index in [1.807, 2.05) is 6.92 Å². The lowest BCUT2D eigenvalue weighted by molar-refractivity contribution is -0.384. The standard InChI is InChI=1S/C19H18N2O5/c1-3-6-18(22)26-20-13(2)19(23)15-11-9-14(10-12-15)16-7-4-5-8-17(16)21(24)25/h4-5,7-12H,3,6H2,1-2H3/b20-13-. The van der Waals surface area contributed by atoms with Crippen LogP contribution < -0.4 is 0 Å². The van der Waals surface area contributed by atoms with Gasteiger partial charge in [0, 0.05) is 18.1 Å². The average molecular weight is 354 g/mol. The third-order valence-electron chi connectivity index (χ3n) is 3.63. The Hall–Kier alpha value is -3.35. The second-order valence-electron chi connectivity index (χ2n) is 5.57. The highest BCUT2D eigenvalue weighted by atomic mass is 16.7. The summed E-state index contributed by atoms with van der Waals surface area (Å²) >= 11 is 0. The van der Waals surface area contributed by atoms with E-state index in [9.17, 15) is 19.7 Å². The largest absolute Gasteiger partial charge is 0.335 e. The fraction of sp³-hybridized carbons (Fsp3) is 0.211. The number of hydrogen-bond donors (Lipinski definition) is 0. The van der Waals surface area contributed by atoms with Gasteiger partial charge in [-0.3, -0.25) is 14.9 Å². The van der Waals surface area contributed by atoms with Crippen molar-refractivity contribution in [3.05, 3.63) is 64.2 Å². The fourth-order valence-corrected chi connectivity index (χ4v) is 2.30. The number of oxime groups is 1. The van der Waals surface area contributed by atoms with Crippen LogP contribution in [0, 0.1) is 10.1 Å². The van der Waals surface area contributed by atoms with Crippen molar-refractivity contribution < 1.29 is 19.3 Å². The number of ketones is 1. The molecule has 7 heteroatoms. The predicted molar refractivity (Wildman–Crippen MR) is 97.0 cm³/mol. The molecule has 0 aromatic heterocycles. The number of nitrogens with zero attached hydrogens (tertiary/aromatic N) is 2. The summed E-state index contributed by atoms with van der Waals surface area (Å²) in [5.41, 5.74) is 1.48. The zero-order valence-electron chi connectivity index (χ0n) is 14.5. The molecule has 2 aromatic carbocycles. The van der Waals surface area contributed by atoms with Crippen molar-refractivity contribution in [2.45, 2.75) is 26.7 Å². The molecular formula is C19H18N2O5. The van der Waals surface area contributed by atoms with Crippen molar-refractivity contribution in [1.29, 1.82) is 0 Å². The van der Waals surface area contributed by atoms with Crippen LogP contribution in [0.2, 0.25) is 0 Å². The van der Waals surface area contributed by atoms with Gasteiger partial charge >= 0.3 is 5.97 Å². The van der Waals surface area contributed by atoms with Gasteiger partial charge in [-0.15, -0.1) is 0 Å². The lowest BCUT2D eigenvalue weighted by Gasteiger charge is -2.05. The molecule has 2 rings (SSSR count). The summed E-state index contributed by atoms with van der Waals surface area (Å²) in [5, 5.41) is 14.7. The van der Waals surface area contributed by atoms with E-state index in [0.29, 0.717) is 23.1 Å². The van der Waals surface area contributed by atoms with Gasteiger partial charge in [0.05, 0.1) is 10.5 Å². The molecule has 0 saturated carbocycles. The zero-order valence-corrected chi connectivity index (χ0v) is 14.5. The third kappa shape index (κ3) is 4.60. The normalized spacial score (nSPS) is 11.1. The molecule has 134 valence electrons. The number of hydrogen-bond acceptors (Lipinski definition) is 6. The topological polar surface area (TPSA) is 98.9 Å². The molecule has 0 aliphatic rings. The highest BCUT2D eigenvalue weighted by Crippen LogP contribution is 2.29. The Bertz CT molecular complexity index is 856. The average Bonchev–Trinajstić information content (AvgIpc) is 2.66. The highest BCUT2D eigenvalue weighted by molar-refractivity contribution is 6.45. The van der Waals surface area contributed by atoms with E-state index in [2.05, 4.69) is 9.99 Å². The van der Waals surface area contributed by atoms with Gasteiger partial charge in [-0.1, -0.05) is 48.5 Å². The number of nitro benzene ring substituents is 1. The van der Waals surface area contributed by atoms with Crippen LogP contribution in [-0.2, 0) is 9.63 Å². The van der Waals surface area contributed by atoms with Crippen molar-refractivity contribution >= 4 is 23.2 Å². The Morgan fingerprint density at radius 3 is 2.38 bits per heavy atom. The first-order chi connectivity index (χ1) is 12.4. The molecule has 26 heavy (non-hydrogen) atoms. The van der Waals surface area contributed by atoms with Crippen LogP contribution >= 0.6 is 0 Å². The van der Waals surface area contributed by atoms with Crippen molar-refractivity contribution in [2.75, 3.05) is 0 Å². The van der Waals surface area contributed by atoms with E-state index < -0.39 is 10.9 Å². The van der Waals surface area contributed by atoms with Crippen LogP contribution in [0.15, 0.2) is 53.7 Å². The smallest absolute Gasteiger partial charge is 0.318 e. The molecule has 0 N–H and O–H groups in total. The van der Waals surface area contributed by atoms with Crippen LogP contribution in [0.25, 0.3) is 11.1 Å². The molecule has 0 aliphatic heterocycles. The van der Waals surface area contributed by atoms with Gasteiger partial charge in [0.2, 0.25) is 5.78 Å². The maximum absolute atomic E-state index is 12.3. The lowest BCUT2D eigenvalue weighted by atomic mass is 10.00. The van der Waals surface area contributed by atoms with Crippen LogP contribution in [-0.4, -0.2) is 22.4 Å². The molecule has 0 radical (unpaired) electrons. The van der Waals surface area contributed by atoms with Gasteiger partial charge in [-0.25, -0.2) is 4.79 Å². The molecule has 0 amide bonds. The van der Waals surface area contributed by atoms with Crippen LogP contribution in [0.4, 0.5) is 5.69 Å². The minimum Gasteiger partial charge on any atom is -0.318 e. The van der Waals surface area contributed by atoms with Gasteiger partial charge in [0.1, 0.15) is 5.71 Å². The maximum Gasteiger partial charge on any atom is 0.335 e. The van der Waals surface area contributed by atoms with Crippen molar-refractivity contribution in [2.24, 2.45) is 5.16 Å². The van der Waals surface area contributed by atoms with Crippen LogP contribution in [0.3, 0.4) is 0 Å². The van der Waals surface area contributed by atoms with Crippen molar-refractivity contribution in [3.63, 3.8) is 0 Å². The third-order valence-corrected chi connectivity index (χ3v) is 3.63. The number of carbonyl (C=O) groups excluding carboxylic acids is 2. The number of carbonyl (C=O) groups is 2. The Morgan fingerprint density at radius 1 is 1.12 bits per heavy atom. The van der Waals surface area contributed by atoms with Crippen molar-refractivity contribution in [3.8, 4) is 11.1 Å². The van der Waals surface area contributed by atoms with Gasteiger partial charge in [-0.2, -0.15) is 0 Å². The minimum atomic E-state index is -0.494. The second kappa shape index (κ2) is 8.66. The Balaban J connectivity index is 2.19. The molecule has 0 atom stereocenters. The van der Waals surface area contributed by atoms with E-state index >= 15 is 0 Å². The number of nitro groups is 1. The van der Waals surface area contributed by atoms with E-state index in [-0.39, 0.29) is 23.6 Å². The van der Waals surface area contributed by atoms with Crippen molar-refractivity contribution in [1.82, 2.24) is 0 Å². The number of rotatable bonds is 7. The summed E-state index contributed by atoms with van der Waals surface area (Å²) in [6.07, 6.45) is 0.865. The van der Waals surface area contributed by atoms with E-state index in [1.54, 1.807) is 42.5 Å². The summed E-state index contributed by atoms with van der Waals surface area (Å²) in [6, 6.07) is 12.8. The molecule has 0 bridgehead atoms. The molecule has 0 fully saturated rings. The van der Waals surface area contributed by atoms with Gasteiger partial charge in [0.15, 0.2) is 0 Å². The molecule has 0 heterocycles. The minimum absolute atomic E-state index is 0.00726. The number of benzene rings is 2. The van der Waals surface area contributed by atoms with Gasteiger partial charge in [0.25, 0.3) is 5.69 Å². The quantitative estimate of drug-likeness (QED) is 0.244. The number of para-hydroxylation sites is 1. The highest BCUT2D eigenvalue weighted by Gasteiger charge is 2.16. The first-order valence-corrected chi connectivity index (χ1v) is 8.07. The summed E-state index contributed by atoms with van der Waals surface area (Å²) in [6.45, 7) is 3.29. The second-order valence-corrected chi connectivity index (χ2v) is 5.57. The van der Waals surface area contributed by atoms with Crippen LogP contribution in [0.5, 0.6) is 0 Å². The fourth-order valence-electron chi connectivity index (χ4n) is 2.30. The first kappa shape index (κ1) is 19.0. The predicted octanol–water partition coefficient (Wildman–Crippen LogP) is 4.16. The molecule has 2 aromatic rings. The Morgan fingerprint density at radius 2 is 1.77 bits per heavy atom. The molecule has 0 saturated heterocycles. The van der Waals surface area contributed by atoms with E-state index in [4.69, 9.17) is 0 Å². The van der Waals surface area contributed by atoms with Gasteiger partial charge < -0.3 is 4.84 Å². The molecule has 0 spiro atoms. The Labute approximate surface area is 150 Å². The molecular weight excluding hydrogens is 336 g/mol. The number of Topliss-reactive ketones (excluding diaryl/α,β-unsaturated/α-hetero) is 1.